The summed E-state index contributed by atoms with van der Waals surface area (Å²) in [6, 6.07) is 0. The van der Waals surface area contributed by atoms with Crippen LogP contribution in [0.2, 0.25) is 0 Å². The summed E-state index contributed by atoms with van der Waals surface area (Å²) in [5.74, 6) is 1.75. The Morgan fingerprint density at radius 2 is 1.76 bits per heavy atom. The van der Waals surface area contributed by atoms with Crippen LogP contribution >= 0.6 is 0 Å². The predicted molar refractivity (Wildman–Crippen MR) is 73.1 cm³/mol. The zero-order valence-electron chi connectivity index (χ0n) is 11.4. The molecule has 1 saturated heterocycles. The van der Waals surface area contributed by atoms with Crippen LogP contribution in [0, 0.1) is 11.8 Å². The van der Waals surface area contributed by atoms with Gasteiger partial charge in [0.1, 0.15) is 0 Å². The lowest BCUT2D eigenvalue weighted by Gasteiger charge is -2.34. The van der Waals surface area contributed by atoms with E-state index in [1.165, 1.54) is 65.0 Å². The highest BCUT2D eigenvalue weighted by Gasteiger charge is 2.26. The first-order valence-corrected chi connectivity index (χ1v) is 7.42. The van der Waals surface area contributed by atoms with Crippen LogP contribution in [0.1, 0.15) is 32.6 Å². The standard InChI is InChI=1S/C14H29N3/c1-13(11-15)3-2-6-16-7-9-17(10-8-16)12-14-4-5-14/h13-14H,2-12,15H2,1H3. The van der Waals surface area contributed by atoms with Crippen molar-refractivity contribution < 1.29 is 0 Å². The Morgan fingerprint density at radius 3 is 2.35 bits per heavy atom. The minimum atomic E-state index is 0.700. The zero-order chi connectivity index (χ0) is 12.1. The SMILES string of the molecule is CC(CN)CCCN1CCN(CC2CC2)CC1. The monoisotopic (exact) mass is 239 g/mol. The van der Waals surface area contributed by atoms with Crippen LogP contribution in [0.15, 0.2) is 0 Å². The summed E-state index contributed by atoms with van der Waals surface area (Å²) in [5, 5.41) is 0. The maximum Gasteiger partial charge on any atom is 0.0110 e. The van der Waals surface area contributed by atoms with Crippen molar-refractivity contribution in [3.8, 4) is 0 Å². The molecule has 0 amide bonds. The van der Waals surface area contributed by atoms with Gasteiger partial charge in [0.25, 0.3) is 0 Å². The van der Waals surface area contributed by atoms with Gasteiger partial charge in [0, 0.05) is 32.7 Å². The second-order valence-corrected chi connectivity index (χ2v) is 6.07. The Bertz CT molecular complexity index is 208. The van der Waals surface area contributed by atoms with Gasteiger partial charge in [0.2, 0.25) is 0 Å². The fraction of sp³-hybridized carbons (Fsp3) is 1.00. The van der Waals surface area contributed by atoms with Crippen LogP contribution in [-0.2, 0) is 0 Å². The highest BCUT2D eigenvalue weighted by molar-refractivity contribution is 4.80. The number of nitrogens with zero attached hydrogens (tertiary/aromatic N) is 2. The molecule has 0 bridgehead atoms. The molecular weight excluding hydrogens is 210 g/mol. The summed E-state index contributed by atoms with van der Waals surface area (Å²) < 4.78 is 0. The summed E-state index contributed by atoms with van der Waals surface area (Å²) in [4.78, 5) is 5.29. The van der Waals surface area contributed by atoms with Gasteiger partial charge < -0.3 is 15.5 Å². The quantitative estimate of drug-likeness (QED) is 0.729. The summed E-state index contributed by atoms with van der Waals surface area (Å²) in [7, 11) is 0. The molecule has 100 valence electrons. The van der Waals surface area contributed by atoms with Gasteiger partial charge in [-0.05, 0) is 50.6 Å². The van der Waals surface area contributed by atoms with Gasteiger partial charge in [0.05, 0.1) is 0 Å². The molecule has 1 atom stereocenters. The average Bonchev–Trinajstić information content (AvgIpc) is 3.15. The molecule has 0 aromatic heterocycles. The van der Waals surface area contributed by atoms with Crippen molar-refractivity contribution >= 4 is 0 Å². The fourth-order valence-electron chi connectivity index (χ4n) is 2.64. The van der Waals surface area contributed by atoms with Gasteiger partial charge in [-0.1, -0.05) is 6.92 Å². The lowest BCUT2D eigenvalue weighted by molar-refractivity contribution is 0.126. The van der Waals surface area contributed by atoms with Crippen molar-refractivity contribution in [3.63, 3.8) is 0 Å². The highest BCUT2D eigenvalue weighted by atomic mass is 15.3. The molecule has 3 heteroatoms. The molecule has 3 nitrogen and oxygen atoms in total. The van der Waals surface area contributed by atoms with Gasteiger partial charge in [-0.3, -0.25) is 0 Å². The molecule has 1 unspecified atom stereocenters. The Morgan fingerprint density at radius 1 is 1.12 bits per heavy atom. The Hall–Kier alpha value is -0.120. The third kappa shape index (κ3) is 4.94. The van der Waals surface area contributed by atoms with Crippen LogP contribution in [0.3, 0.4) is 0 Å². The molecule has 0 aromatic carbocycles. The van der Waals surface area contributed by atoms with E-state index in [1.807, 2.05) is 0 Å². The number of hydrogen-bond acceptors (Lipinski definition) is 3. The van der Waals surface area contributed by atoms with Crippen LogP contribution in [0.25, 0.3) is 0 Å². The Labute approximate surface area is 106 Å². The van der Waals surface area contributed by atoms with E-state index in [0.29, 0.717) is 5.92 Å². The molecule has 1 saturated carbocycles. The second-order valence-electron chi connectivity index (χ2n) is 6.07. The number of piperazine rings is 1. The van der Waals surface area contributed by atoms with Crippen LogP contribution in [-0.4, -0.2) is 55.6 Å². The van der Waals surface area contributed by atoms with E-state index in [0.717, 1.165) is 12.5 Å². The normalized spacial score (nSPS) is 25.1. The summed E-state index contributed by atoms with van der Waals surface area (Å²) in [5.41, 5.74) is 5.64. The molecule has 0 radical (unpaired) electrons. The number of hydrogen-bond donors (Lipinski definition) is 1. The molecule has 2 fully saturated rings. The van der Waals surface area contributed by atoms with Crippen LogP contribution < -0.4 is 5.73 Å². The van der Waals surface area contributed by atoms with E-state index >= 15 is 0 Å². The minimum Gasteiger partial charge on any atom is -0.330 e. The first-order valence-electron chi connectivity index (χ1n) is 7.42. The third-order valence-corrected chi connectivity index (χ3v) is 4.25. The molecule has 0 aromatic rings. The molecule has 1 aliphatic carbocycles. The molecule has 0 spiro atoms. The first kappa shape index (κ1) is 13.3. The lowest BCUT2D eigenvalue weighted by atomic mass is 10.1. The van der Waals surface area contributed by atoms with Crippen molar-refractivity contribution in [2.75, 3.05) is 45.8 Å². The van der Waals surface area contributed by atoms with Crippen molar-refractivity contribution in [1.29, 1.82) is 0 Å². The molecule has 1 heterocycles. The van der Waals surface area contributed by atoms with Gasteiger partial charge in [0.15, 0.2) is 0 Å². The van der Waals surface area contributed by atoms with Crippen molar-refractivity contribution in [3.05, 3.63) is 0 Å². The van der Waals surface area contributed by atoms with E-state index in [2.05, 4.69) is 16.7 Å². The second kappa shape index (κ2) is 6.72. The molecular formula is C14H29N3. The summed E-state index contributed by atoms with van der Waals surface area (Å²) in [6.07, 6.45) is 5.58. The smallest absolute Gasteiger partial charge is 0.0110 e. The predicted octanol–water partition coefficient (Wildman–Crippen LogP) is 1.39. The minimum absolute atomic E-state index is 0.700. The van der Waals surface area contributed by atoms with E-state index < -0.39 is 0 Å². The van der Waals surface area contributed by atoms with Crippen LogP contribution in [0.4, 0.5) is 0 Å². The van der Waals surface area contributed by atoms with E-state index in [1.54, 1.807) is 0 Å². The van der Waals surface area contributed by atoms with Crippen LogP contribution in [0.5, 0.6) is 0 Å². The van der Waals surface area contributed by atoms with Crippen molar-refractivity contribution in [1.82, 2.24) is 9.80 Å². The maximum atomic E-state index is 5.64. The summed E-state index contributed by atoms with van der Waals surface area (Å²) >= 11 is 0. The van der Waals surface area contributed by atoms with E-state index in [-0.39, 0.29) is 0 Å². The first-order chi connectivity index (χ1) is 8.28. The molecule has 1 aliphatic heterocycles. The molecule has 17 heavy (non-hydrogen) atoms. The van der Waals surface area contributed by atoms with Gasteiger partial charge >= 0.3 is 0 Å². The van der Waals surface area contributed by atoms with Gasteiger partial charge in [-0.2, -0.15) is 0 Å². The lowest BCUT2D eigenvalue weighted by Crippen LogP contribution is -2.47. The molecule has 2 N–H and O–H groups in total. The summed E-state index contributed by atoms with van der Waals surface area (Å²) in [6.45, 7) is 10.9. The highest BCUT2D eigenvalue weighted by Crippen LogP contribution is 2.29. The average molecular weight is 239 g/mol. The van der Waals surface area contributed by atoms with E-state index in [9.17, 15) is 0 Å². The fourth-order valence-corrected chi connectivity index (χ4v) is 2.64. The van der Waals surface area contributed by atoms with Crippen molar-refractivity contribution in [2.24, 2.45) is 17.6 Å². The zero-order valence-corrected chi connectivity index (χ0v) is 11.4. The van der Waals surface area contributed by atoms with Crippen molar-refractivity contribution in [2.45, 2.75) is 32.6 Å². The largest absolute Gasteiger partial charge is 0.330 e. The number of rotatable bonds is 7. The molecule has 2 aliphatic rings. The number of nitrogens with two attached hydrogens (primary N) is 1. The maximum absolute atomic E-state index is 5.64. The molecule has 2 rings (SSSR count). The Balaban J connectivity index is 1.52. The van der Waals surface area contributed by atoms with Gasteiger partial charge in [-0.15, -0.1) is 0 Å². The topological polar surface area (TPSA) is 32.5 Å². The van der Waals surface area contributed by atoms with E-state index in [4.69, 9.17) is 5.73 Å². The van der Waals surface area contributed by atoms with Gasteiger partial charge in [-0.25, -0.2) is 0 Å². The Kier molecular flexibility index (Phi) is 5.26. The third-order valence-electron chi connectivity index (χ3n) is 4.25.